The van der Waals surface area contributed by atoms with Crippen LogP contribution in [0.3, 0.4) is 0 Å². The van der Waals surface area contributed by atoms with E-state index < -0.39 is 0 Å². The van der Waals surface area contributed by atoms with E-state index in [1.54, 1.807) is 38.5 Å². The van der Waals surface area contributed by atoms with Gasteiger partial charge in [-0.25, -0.2) is 0 Å². The number of furan rings is 1. The number of allylic oxidation sites excluding steroid dienone is 8. The zero-order valence-electron chi connectivity index (χ0n) is 18.1. The predicted octanol–water partition coefficient (Wildman–Crippen LogP) is 6.53. The maximum atomic E-state index is 9.81. The molecule has 0 saturated heterocycles. The van der Waals surface area contributed by atoms with Crippen molar-refractivity contribution in [3.05, 3.63) is 89.1 Å². The first kappa shape index (κ1) is 21.9. The standard InChI is InChI=1S/C27H26O4/c1-6-8-10-18(3)26-23(22-14-13-21(28)17-24(22)31-26)12-9-11-19-15-20(7-2)27(30-5)25(16-19)29-4/h1,7-10,12-14,16-17,28H,3,11,15H2,2,4-5H3/b10-8-,12-9+,20-7+. The minimum atomic E-state index is 0.146. The van der Waals surface area contributed by atoms with Crippen LogP contribution in [-0.4, -0.2) is 19.3 Å². The highest BCUT2D eigenvalue weighted by molar-refractivity contribution is 5.94. The van der Waals surface area contributed by atoms with E-state index >= 15 is 0 Å². The molecule has 1 aliphatic carbocycles. The smallest absolute Gasteiger partial charge is 0.163 e. The Morgan fingerprint density at radius 1 is 1.32 bits per heavy atom. The van der Waals surface area contributed by atoms with E-state index in [1.807, 2.05) is 31.2 Å². The van der Waals surface area contributed by atoms with Crippen molar-refractivity contribution in [1.82, 2.24) is 0 Å². The van der Waals surface area contributed by atoms with Gasteiger partial charge < -0.3 is 19.0 Å². The highest BCUT2D eigenvalue weighted by Crippen LogP contribution is 2.35. The molecule has 1 heterocycles. The highest BCUT2D eigenvalue weighted by Gasteiger charge is 2.19. The Bertz CT molecular complexity index is 1190. The summed E-state index contributed by atoms with van der Waals surface area (Å²) in [6.45, 7) is 6.07. The third-order valence-electron chi connectivity index (χ3n) is 5.09. The Morgan fingerprint density at radius 2 is 2.13 bits per heavy atom. The molecule has 0 atom stereocenters. The minimum absolute atomic E-state index is 0.146. The molecule has 0 saturated carbocycles. The van der Waals surface area contributed by atoms with E-state index in [4.69, 9.17) is 20.3 Å². The van der Waals surface area contributed by atoms with Crippen molar-refractivity contribution in [3.63, 3.8) is 0 Å². The fourth-order valence-electron chi connectivity index (χ4n) is 3.59. The molecular weight excluding hydrogens is 388 g/mol. The number of rotatable bonds is 7. The second-order valence-corrected chi connectivity index (χ2v) is 7.05. The van der Waals surface area contributed by atoms with Gasteiger partial charge >= 0.3 is 0 Å². The van der Waals surface area contributed by atoms with Crippen molar-refractivity contribution in [2.24, 2.45) is 0 Å². The number of aromatic hydroxyl groups is 1. The lowest BCUT2D eigenvalue weighted by atomic mass is 9.94. The van der Waals surface area contributed by atoms with Gasteiger partial charge in [0, 0.05) is 22.6 Å². The third kappa shape index (κ3) is 4.67. The zero-order chi connectivity index (χ0) is 22.4. The van der Waals surface area contributed by atoms with Crippen LogP contribution in [0.25, 0.3) is 22.6 Å². The average Bonchev–Trinajstić information content (AvgIpc) is 3.14. The van der Waals surface area contributed by atoms with E-state index in [9.17, 15) is 5.11 Å². The van der Waals surface area contributed by atoms with Gasteiger partial charge in [0.2, 0.25) is 0 Å². The fraction of sp³-hybridized carbons (Fsp3) is 0.185. The summed E-state index contributed by atoms with van der Waals surface area (Å²) in [5.74, 6) is 4.73. The number of hydrogen-bond donors (Lipinski definition) is 1. The Morgan fingerprint density at radius 3 is 2.81 bits per heavy atom. The summed E-state index contributed by atoms with van der Waals surface area (Å²) < 4.78 is 17.0. The Labute approximate surface area is 183 Å². The molecule has 0 aliphatic heterocycles. The number of hydrogen-bond acceptors (Lipinski definition) is 4. The number of benzene rings is 1. The van der Waals surface area contributed by atoms with Gasteiger partial charge in [0.1, 0.15) is 17.1 Å². The van der Waals surface area contributed by atoms with Crippen molar-refractivity contribution in [3.8, 4) is 18.1 Å². The molecule has 1 aliphatic rings. The predicted molar refractivity (Wildman–Crippen MR) is 126 cm³/mol. The average molecular weight is 415 g/mol. The van der Waals surface area contributed by atoms with E-state index in [0.717, 1.165) is 40.9 Å². The summed E-state index contributed by atoms with van der Waals surface area (Å²) in [5, 5.41) is 10.7. The van der Waals surface area contributed by atoms with Crippen LogP contribution in [0.15, 0.2) is 82.2 Å². The van der Waals surface area contributed by atoms with Gasteiger partial charge in [-0.2, -0.15) is 0 Å². The van der Waals surface area contributed by atoms with Gasteiger partial charge in [0.25, 0.3) is 0 Å². The SMILES string of the molecule is C#C/C=C\C(=C)c1oc2cc(O)ccc2c1/C=C/CC1=CC(OC)=C(OC)/C(=C/C)C1. The normalized spacial score (nSPS) is 15.7. The Kier molecular flexibility index (Phi) is 6.89. The molecule has 1 aromatic carbocycles. The lowest BCUT2D eigenvalue weighted by Gasteiger charge is -2.20. The molecule has 2 aromatic rings. The van der Waals surface area contributed by atoms with Gasteiger partial charge in [-0.05, 0) is 55.7 Å². The van der Waals surface area contributed by atoms with Gasteiger partial charge in [0.15, 0.2) is 11.5 Å². The van der Waals surface area contributed by atoms with Crippen LogP contribution in [0.1, 0.15) is 31.1 Å². The summed E-state index contributed by atoms with van der Waals surface area (Å²) in [6, 6.07) is 5.07. The molecule has 3 rings (SSSR count). The van der Waals surface area contributed by atoms with Gasteiger partial charge in [-0.15, -0.1) is 6.42 Å². The van der Waals surface area contributed by atoms with Gasteiger partial charge in [-0.1, -0.05) is 36.3 Å². The molecule has 0 amide bonds. The van der Waals surface area contributed by atoms with Crippen LogP contribution in [0.5, 0.6) is 5.75 Å². The van der Waals surface area contributed by atoms with Crippen molar-refractivity contribution in [1.29, 1.82) is 0 Å². The maximum absolute atomic E-state index is 9.81. The lowest BCUT2D eigenvalue weighted by molar-refractivity contribution is 0.234. The molecule has 1 aromatic heterocycles. The number of ether oxygens (including phenoxy) is 2. The number of phenolic OH excluding ortho intramolecular Hbond substituents is 1. The second-order valence-electron chi connectivity index (χ2n) is 7.05. The molecule has 0 fully saturated rings. The third-order valence-corrected chi connectivity index (χ3v) is 5.09. The van der Waals surface area contributed by atoms with Crippen LogP contribution in [-0.2, 0) is 9.47 Å². The molecule has 31 heavy (non-hydrogen) atoms. The van der Waals surface area contributed by atoms with Crippen LogP contribution >= 0.6 is 0 Å². The molecule has 0 bridgehead atoms. The first-order valence-electron chi connectivity index (χ1n) is 9.93. The fourth-order valence-corrected chi connectivity index (χ4v) is 3.59. The highest BCUT2D eigenvalue weighted by atomic mass is 16.5. The van der Waals surface area contributed by atoms with E-state index in [-0.39, 0.29) is 5.75 Å². The monoisotopic (exact) mass is 414 g/mol. The number of methoxy groups -OCH3 is 2. The molecule has 0 spiro atoms. The summed E-state index contributed by atoms with van der Waals surface area (Å²) in [5.41, 5.74) is 4.45. The van der Waals surface area contributed by atoms with E-state index in [0.29, 0.717) is 16.9 Å². The summed E-state index contributed by atoms with van der Waals surface area (Å²) in [7, 11) is 3.30. The lowest BCUT2D eigenvalue weighted by Crippen LogP contribution is -2.06. The first-order chi connectivity index (χ1) is 15.0. The molecule has 4 heteroatoms. The van der Waals surface area contributed by atoms with Crippen molar-refractivity contribution in [2.45, 2.75) is 19.8 Å². The molecule has 158 valence electrons. The first-order valence-corrected chi connectivity index (χ1v) is 9.93. The summed E-state index contributed by atoms with van der Waals surface area (Å²) in [4.78, 5) is 0. The Hall–Kier alpha value is -3.84. The molecule has 0 unspecified atom stereocenters. The van der Waals surface area contributed by atoms with Crippen LogP contribution in [0.4, 0.5) is 0 Å². The van der Waals surface area contributed by atoms with Crippen molar-refractivity contribution >= 4 is 22.6 Å². The minimum Gasteiger partial charge on any atom is -0.508 e. The molecule has 1 N–H and O–H groups in total. The van der Waals surface area contributed by atoms with E-state index in [1.165, 1.54) is 5.57 Å². The Balaban J connectivity index is 1.95. The second kappa shape index (κ2) is 9.77. The molecule has 4 nitrogen and oxygen atoms in total. The van der Waals surface area contributed by atoms with Crippen LogP contribution in [0.2, 0.25) is 0 Å². The molecule has 0 radical (unpaired) electrons. The number of terminal acetylenes is 1. The molecular formula is C27H26O4. The van der Waals surface area contributed by atoms with Crippen LogP contribution < -0.4 is 0 Å². The summed E-state index contributed by atoms with van der Waals surface area (Å²) >= 11 is 0. The quantitative estimate of drug-likeness (QED) is 0.414. The van der Waals surface area contributed by atoms with E-state index in [2.05, 4.69) is 18.6 Å². The topological polar surface area (TPSA) is 51.8 Å². The number of phenols is 1. The number of fused-ring (bicyclic) bond motifs is 1. The maximum Gasteiger partial charge on any atom is 0.163 e. The van der Waals surface area contributed by atoms with Crippen molar-refractivity contribution < 1.29 is 19.0 Å². The zero-order valence-corrected chi connectivity index (χ0v) is 18.1. The summed E-state index contributed by atoms with van der Waals surface area (Å²) in [6.07, 6.45) is 18.3. The van der Waals surface area contributed by atoms with Crippen LogP contribution in [0, 0.1) is 12.3 Å². The van der Waals surface area contributed by atoms with Crippen molar-refractivity contribution in [2.75, 3.05) is 14.2 Å². The van der Waals surface area contributed by atoms with Gasteiger partial charge in [0.05, 0.1) is 14.2 Å². The largest absolute Gasteiger partial charge is 0.508 e. The van der Waals surface area contributed by atoms with Gasteiger partial charge in [-0.3, -0.25) is 0 Å².